The van der Waals surface area contributed by atoms with Gasteiger partial charge < -0.3 is 0 Å². The number of aryl methyl sites for hydroxylation is 1. The summed E-state index contributed by atoms with van der Waals surface area (Å²) in [6, 6.07) is 15.9. The zero-order chi connectivity index (χ0) is 20.2. The Morgan fingerprint density at radius 2 is 1.31 bits per heavy atom. The number of benzene rings is 2. The normalized spacial score (nSPS) is 14.3. The quantitative estimate of drug-likeness (QED) is 0.310. The first-order chi connectivity index (χ1) is 11.5. The van der Waals surface area contributed by atoms with Gasteiger partial charge in [0.05, 0.1) is 0 Å². The van der Waals surface area contributed by atoms with Crippen molar-refractivity contribution in [3.05, 3.63) is 57.2 Å². The summed E-state index contributed by atoms with van der Waals surface area (Å²) in [6.45, 7) is 6.75. The van der Waals surface area contributed by atoms with Crippen molar-refractivity contribution >= 4 is 7.81 Å². The Morgan fingerprint density at radius 3 is 1.73 bits per heavy atom. The molecule has 0 N–H and O–H groups in total. The second-order valence-corrected chi connectivity index (χ2v) is 9.61. The van der Waals surface area contributed by atoms with E-state index in [-0.39, 0.29) is 0 Å². The van der Waals surface area contributed by atoms with Gasteiger partial charge in [-0.1, -0.05) is 51.1 Å². The van der Waals surface area contributed by atoms with E-state index in [4.69, 9.17) is 0 Å². The van der Waals surface area contributed by atoms with Gasteiger partial charge in [-0.15, -0.1) is 0 Å². The van der Waals surface area contributed by atoms with Crippen LogP contribution in [0, 0.1) is 9.49 Å². The minimum absolute atomic E-state index is 0.707. The van der Waals surface area contributed by atoms with Crippen LogP contribution in [0.5, 0.6) is 0 Å². The molecule has 0 aromatic heterocycles. The number of hydrogen-bond acceptors (Lipinski definition) is 0. The molecule has 0 amide bonds. The van der Waals surface area contributed by atoms with Crippen LogP contribution in [0.4, 0.5) is 25.2 Å². The van der Waals surface area contributed by atoms with Gasteiger partial charge in [0, 0.05) is 5.56 Å². The van der Waals surface area contributed by atoms with Crippen LogP contribution < -0.4 is 22.6 Å². The zero-order valence-corrected chi connectivity index (χ0v) is 17.9. The second kappa shape index (κ2) is 7.66. The van der Waals surface area contributed by atoms with Gasteiger partial charge in [-0.05, 0) is 47.6 Å². The van der Waals surface area contributed by atoms with E-state index >= 15 is 0 Å². The molecule has 148 valence electrons. The van der Waals surface area contributed by atoms with Crippen LogP contribution in [0.15, 0.2) is 42.5 Å². The molecule has 0 aliphatic heterocycles. The van der Waals surface area contributed by atoms with Crippen molar-refractivity contribution in [1.29, 1.82) is 0 Å². The molecule has 0 aliphatic rings. The summed E-state index contributed by atoms with van der Waals surface area (Å²) >= 11 is 2.12. The number of rotatable bonds is 4. The molecule has 0 unspecified atom stereocenters. The van der Waals surface area contributed by atoms with Gasteiger partial charge >= 0.3 is 33.0 Å². The number of hydrogen-bond donors (Lipinski definition) is 0. The maximum atomic E-state index is 9.87. The Morgan fingerprint density at radius 1 is 0.846 bits per heavy atom. The molecule has 0 nitrogen and oxygen atoms in total. The summed E-state index contributed by atoms with van der Waals surface area (Å²) in [6.07, 6.45) is 2.26. The van der Waals surface area contributed by atoms with Crippen molar-refractivity contribution in [3.63, 3.8) is 0 Å². The Balaban J connectivity index is 0.000000412. The predicted octanol–water partition coefficient (Wildman–Crippen LogP) is 4.95. The summed E-state index contributed by atoms with van der Waals surface area (Å²) in [5, 5.41) is 0. The molecule has 0 heterocycles. The molecule has 2 aromatic carbocycles. The van der Waals surface area contributed by atoms with Crippen LogP contribution in [0.1, 0.15) is 31.9 Å². The van der Waals surface area contributed by atoms with Gasteiger partial charge in [0.25, 0.3) is 22.6 Å². The van der Waals surface area contributed by atoms with Crippen LogP contribution in [0.2, 0.25) is 0 Å². The average molecular weight is 510 g/mol. The standard InChI is InChI=1S/C18H22I.F6P/c1-4-14-5-8-16(9-6-14)17-12-15(11-13(2)3)7-10-18(17)19;1-7(2,3,4,5)6/h5-10,12-13,19H,4,11H2,1-3H3;/q+1;-1. The van der Waals surface area contributed by atoms with E-state index in [1.807, 2.05) is 0 Å². The Kier molecular flexibility index (Phi) is 6.84. The number of halogens is 7. The fourth-order valence-electron chi connectivity index (χ4n) is 2.32. The van der Waals surface area contributed by atoms with Crippen LogP contribution >= 0.6 is 7.81 Å². The van der Waals surface area contributed by atoms with Crippen LogP contribution in [-0.4, -0.2) is 0 Å². The Labute approximate surface area is 163 Å². The summed E-state index contributed by atoms with van der Waals surface area (Å²) in [7, 11) is -10.7. The summed E-state index contributed by atoms with van der Waals surface area (Å²) in [4.78, 5) is 0. The summed E-state index contributed by atoms with van der Waals surface area (Å²) in [5.41, 5.74) is 5.56. The van der Waals surface area contributed by atoms with Crippen molar-refractivity contribution in [3.8, 4) is 11.1 Å². The molecule has 0 saturated carbocycles. The molecule has 0 bridgehead atoms. The third-order valence-corrected chi connectivity index (χ3v) is 4.38. The first-order valence-corrected chi connectivity index (χ1v) is 11.2. The van der Waals surface area contributed by atoms with Gasteiger partial charge in [-0.2, -0.15) is 0 Å². The molecular formula is C18H22F6IP. The maximum absolute atomic E-state index is 10.7. The second-order valence-electron chi connectivity index (χ2n) is 6.44. The molecule has 0 spiro atoms. The van der Waals surface area contributed by atoms with Crippen molar-refractivity contribution < 1.29 is 47.8 Å². The van der Waals surface area contributed by atoms with Crippen molar-refractivity contribution in [2.75, 3.05) is 0 Å². The molecule has 0 aliphatic carbocycles. The van der Waals surface area contributed by atoms with Gasteiger partial charge in [0.15, 0.2) is 3.57 Å². The van der Waals surface area contributed by atoms with E-state index in [1.54, 1.807) is 0 Å². The van der Waals surface area contributed by atoms with Crippen LogP contribution in [-0.2, 0) is 12.8 Å². The molecule has 0 atom stereocenters. The van der Waals surface area contributed by atoms with E-state index < -0.39 is 7.81 Å². The Hall–Kier alpha value is -0.820. The topological polar surface area (TPSA) is 0 Å². The van der Waals surface area contributed by atoms with Gasteiger partial charge in [-0.3, -0.25) is 0 Å². The molecular weight excluding hydrogens is 488 g/mol. The van der Waals surface area contributed by atoms with Gasteiger partial charge in [0.1, 0.15) is 0 Å². The summed E-state index contributed by atoms with van der Waals surface area (Å²) < 4.78 is 60.6. The van der Waals surface area contributed by atoms with E-state index in [2.05, 4.69) is 85.8 Å². The van der Waals surface area contributed by atoms with Crippen LogP contribution in [0.3, 0.4) is 0 Å². The van der Waals surface area contributed by atoms with E-state index in [0.717, 1.165) is 12.8 Å². The summed E-state index contributed by atoms with van der Waals surface area (Å²) in [5.74, 6) is 0.707. The van der Waals surface area contributed by atoms with E-state index in [1.165, 1.54) is 25.8 Å². The predicted molar refractivity (Wildman–Crippen MR) is 93.5 cm³/mol. The molecule has 0 saturated heterocycles. The van der Waals surface area contributed by atoms with Gasteiger partial charge in [-0.25, -0.2) is 0 Å². The van der Waals surface area contributed by atoms with Crippen LogP contribution in [0.25, 0.3) is 11.1 Å². The minimum atomic E-state index is -10.7. The fraction of sp³-hybridized carbons (Fsp3) is 0.333. The average Bonchev–Trinajstić information content (AvgIpc) is 2.46. The third kappa shape index (κ3) is 11.0. The van der Waals surface area contributed by atoms with E-state index in [0.29, 0.717) is 5.92 Å². The fourth-order valence-corrected chi connectivity index (χ4v) is 3.02. The van der Waals surface area contributed by atoms with Gasteiger partial charge in [0.2, 0.25) is 0 Å². The first-order valence-electron chi connectivity index (χ1n) is 8.00. The molecule has 8 heteroatoms. The first kappa shape index (κ1) is 23.2. The molecule has 0 radical (unpaired) electrons. The monoisotopic (exact) mass is 510 g/mol. The van der Waals surface area contributed by atoms with E-state index in [9.17, 15) is 25.2 Å². The molecule has 2 rings (SSSR count). The van der Waals surface area contributed by atoms with Crippen molar-refractivity contribution in [2.24, 2.45) is 5.92 Å². The molecule has 2 aromatic rings. The van der Waals surface area contributed by atoms with Crippen molar-refractivity contribution in [1.82, 2.24) is 0 Å². The molecule has 26 heavy (non-hydrogen) atoms. The third-order valence-electron chi connectivity index (χ3n) is 3.36. The van der Waals surface area contributed by atoms with Crippen molar-refractivity contribution in [2.45, 2.75) is 33.6 Å². The Bertz CT molecular complexity index is 725. The molecule has 0 fully saturated rings. The SMILES string of the molecule is CCc1ccc(-c2cc(CC(C)C)ccc2[IH+])cc1.F[P-](F)(F)(F)(F)F. The zero-order valence-electron chi connectivity index (χ0n) is 14.7.